The van der Waals surface area contributed by atoms with Crippen molar-refractivity contribution in [2.24, 2.45) is 0 Å². The van der Waals surface area contributed by atoms with Gasteiger partial charge in [0.25, 0.3) is 5.91 Å². The number of amides is 2. The van der Waals surface area contributed by atoms with Gasteiger partial charge in [-0.1, -0.05) is 46.9 Å². The van der Waals surface area contributed by atoms with Crippen molar-refractivity contribution in [2.45, 2.75) is 17.1 Å². The number of thioether (sulfide) groups is 1. The predicted octanol–water partition coefficient (Wildman–Crippen LogP) is 7.02. The van der Waals surface area contributed by atoms with Crippen molar-refractivity contribution in [1.29, 1.82) is 0 Å². The van der Waals surface area contributed by atoms with Crippen LogP contribution in [0.25, 0.3) is 0 Å². The van der Waals surface area contributed by atoms with Gasteiger partial charge in [-0.2, -0.15) is 0 Å². The SMILES string of the molecule is CC(Sc1cccc(NC(=O)c2cccc(Cl)c2)c1)C(=O)Nc1ccc(Cl)cc1Cl. The molecule has 0 radical (unpaired) electrons. The Labute approximate surface area is 193 Å². The highest BCUT2D eigenvalue weighted by Gasteiger charge is 2.16. The van der Waals surface area contributed by atoms with Crippen LogP contribution in [0.3, 0.4) is 0 Å². The summed E-state index contributed by atoms with van der Waals surface area (Å²) in [6, 6.07) is 18.9. The molecule has 0 heterocycles. The fourth-order valence-corrected chi connectivity index (χ4v) is 4.14. The molecule has 0 aliphatic heterocycles. The Morgan fingerprint density at radius 1 is 0.867 bits per heavy atom. The lowest BCUT2D eigenvalue weighted by molar-refractivity contribution is -0.115. The van der Waals surface area contributed by atoms with Crippen molar-refractivity contribution in [2.75, 3.05) is 10.6 Å². The van der Waals surface area contributed by atoms with Crippen LogP contribution in [0.4, 0.5) is 11.4 Å². The van der Waals surface area contributed by atoms with E-state index in [4.69, 9.17) is 34.8 Å². The van der Waals surface area contributed by atoms with Crippen molar-refractivity contribution in [1.82, 2.24) is 0 Å². The molecule has 0 aliphatic carbocycles. The summed E-state index contributed by atoms with van der Waals surface area (Å²) in [6.45, 7) is 1.79. The lowest BCUT2D eigenvalue weighted by Gasteiger charge is -2.14. The van der Waals surface area contributed by atoms with Crippen LogP contribution in [0.2, 0.25) is 15.1 Å². The molecule has 0 bridgehead atoms. The smallest absolute Gasteiger partial charge is 0.255 e. The zero-order chi connectivity index (χ0) is 21.7. The first-order chi connectivity index (χ1) is 14.3. The van der Waals surface area contributed by atoms with E-state index < -0.39 is 5.25 Å². The number of carbonyl (C=O) groups is 2. The minimum Gasteiger partial charge on any atom is -0.324 e. The van der Waals surface area contributed by atoms with Gasteiger partial charge in [0.2, 0.25) is 5.91 Å². The predicted molar refractivity (Wildman–Crippen MR) is 126 cm³/mol. The average Bonchev–Trinajstić information content (AvgIpc) is 2.70. The third-order valence-electron chi connectivity index (χ3n) is 4.05. The van der Waals surface area contributed by atoms with Crippen LogP contribution in [-0.2, 0) is 4.79 Å². The van der Waals surface area contributed by atoms with E-state index in [1.54, 1.807) is 55.5 Å². The summed E-state index contributed by atoms with van der Waals surface area (Å²) in [5.74, 6) is -0.458. The highest BCUT2D eigenvalue weighted by molar-refractivity contribution is 8.00. The minimum absolute atomic E-state index is 0.197. The Bertz CT molecular complexity index is 1090. The molecule has 30 heavy (non-hydrogen) atoms. The summed E-state index contributed by atoms with van der Waals surface area (Å²) < 4.78 is 0. The molecule has 0 saturated carbocycles. The molecule has 0 saturated heterocycles. The van der Waals surface area contributed by atoms with Crippen LogP contribution in [0, 0.1) is 0 Å². The van der Waals surface area contributed by atoms with Gasteiger partial charge in [0.15, 0.2) is 0 Å². The van der Waals surface area contributed by atoms with E-state index in [1.165, 1.54) is 11.8 Å². The van der Waals surface area contributed by atoms with Crippen LogP contribution >= 0.6 is 46.6 Å². The number of carbonyl (C=O) groups excluding carboxylic acids is 2. The monoisotopic (exact) mass is 478 g/mol. The van der Waals surface area contributed by atoms with Crippen LogP contribution in [0.1, 0.15) is 17.3 Å². The second kappa shape index (κ2) is 10.2. The molecule has 1 unspecified atom stereocenters. The Kier molecular flexibility index (Phi) is 7.67. The minimum atomic E-state index is -0.393. The van der Waals surface area contributed by atoms with Gasteiger partial charge in [0.05, 0.1) is 16.0 Å². The lowest BCUT2D eigenvalue weighted by Crippen LogP contribution is -2.22. The second-order valence-corrected chi connectivity index (χ2v) is 9.06. The third-order valence-corrected chi connectivity index (χ3v) is 5.93. The van der Waals surface area contributed by atoms with Gasteiger partial charge in [0.1, 0.15) is 0 Å². The van der Waals surface area contributed by atoms with Gasteiger partial charge in [-0.05, 0) is 61.5 Å². The maximum atomic E-state index is 12.5. The number of hydrogen-bond donors (Lipinski definition) is 2. The zero-order valence-corrected chi connectivity index (χ0v) is 18.9. The Balaban J connectivity index is 1.64. The van der Waals surface area contributed by atoms with Crippen LogP contribution in [0.5, 0.6) is 0 Å². The fraction of sp³-hybridized carbons (Fsp3) is 0.0909. The van der Waals surface area contributed by atoms with Crippen LogP contribution < -0.4 is 10.6 Å². The zero-order valence-electron chi connectivity index (χ0n) is 15.8. The molecule has 2 N–H and O–H groups in total. The van der Waals surface area contributed by atoms with E-state index in [0.717, 1.165) is 4.90 Å². The van der Waals surface area contributed by atoms with Crippen molar-refractivity contribution in [3.63, 3.8) is 0 Å². The first kappa shape index (κ1) is 22.5. The molecule has 0 fully saturated rings. The first-order valence-electron chi connectivity index (χ1n) is 8.91. The first-order valence-corrected chi connectivity index (χ1v) is 10.9. The molecule has 0 spiro atoms. The highest BCUT2D eigenvalue weighted by atomic mass is 35.5. The van der Waals surface area contributed by atoms with Gasteiger partial charge >= 0.3 is 0 Å². The van der Waals surface area contributed by atoms with Crippen LogP contribution in [0.15, 0.2) is 71.6 Å². The van der Waals surface area contributed by atoms with Gasteiger partial charge in [-0.25, -0.2) is 0 Å². The van der Waals surface area contributed by atoms with E-state index in [1.807, 2.05) is 18.2 Å². The molecule has 154 valence electrons. The van der Waals surface area contributed by atoms with E-state index in [9.17, 15) is 9.59 Å². The van der Waals surface area contributed by atoms with Crippen LogP contribution in [-0.4, -0.2) is 17.1 Å². The van der Waals surface area contributed by atoms with Gasteiger partial charge < -0.3 is 10.6 Å². The van der Waals surface area contributed by atoms with Crippen molar-refractivity contribution >= 4 is 69.8 Å². The Hall–Kier alpha value is -2.18. The molecule has 0 aromatic heterocycles. The molecule has 1 atom stereocenters. The van der Waals surface area contributed by atoms with Crippen molar-refractivity contribution in [3.8, 4) is 0 Å². The molecule has 0 aliphatic rings. The van der Waals surface area contributed by atoms with E-state index in [-0.39, 0.29) is 11.8 Å². The fourth-order valence-electron chi connectivity index (χ4n) is 2.56. The quantitative estimate of drug-likeness (QED) is 0.374. The number of nitrogens with one attached hydrogen (secondary N) is 2. The molecule has 3 aromatic carbocycles. The summed E-state index contributed by atoms with van der Waals surface area (Å²) in [7, 11) is 0. The summed E-state index contributed by atoms with van der Waals surface area (Å²) in [4.78, 5) is 25.8. The van der Waals surface area contributed by atoms with Crippen molar-refractivity contribution in [3.05, 3.63) is 87.4 Å². The van der Waals surface area contributed by atoms with E-state index in [2.05, 4.69) is 10.6 Å². The number of hydrogen-bond acceptors (Lipinski definition) is 3. The molecular formula is C22H17Cl3N2O2S. The van der Waals surface area contributed by atoms with Gasteiger partial charge in [-0.15, -0.1) is 11.8 Å². The Morgan fingerprint density at radius 2 is 1.60 bits per heavy atom. The normalized spacial score (nSPS) is 11.6. The number of rotatable bonds is 6. The van der Waals surface area contributed by atoms with Gasteiger partial charge in [0, 0.05) is 26.2 Å². The summed E-state index contributed by atoms with van der Waals surface area (Å²) >= 11 is 19.3. The standard InChI is InChI=1S/C22H17Cl3N2O2S/c1-13(21(28)27-20-9-8-16(24)11-19(20)25)30-18-7-3-6-17(12-18)26-22(29)14-4-2-5-15(23)10-14/h2-13H,1H3,(H,26,29)(H,27,28). The molecule has 8 heteroatoms. The molecule has 4 nitrogen and oxygen atoms in total. The second-order valence-electron chi connectivity index (χ2n) is 6.37. The number of halogens is 3. The maximum absolute atomic E-state index is 12.5. The average molecular weight is 480 g/mol. The Morgan fingerprint density at radius 3 is 2.33 bits per heavy atom. The number of benzene rings is 3. The van der Waals surface area contributed by atoms with Gasteiger partial charge in [-0.3, -0.25) is 9.59 Å². The van der Waals surface area contributed by atoms with E-state index >= 15 is 0 Å². The molecule has 3 aromatic rings. The lowest BCUT2D eigenvalue weighted by atomic mass is 10.2. The number of anilines is 2. The summed E-state index contributed by atoms with van der Waals surface area (Å²) in [5, 5.41) is 6.61. The summed E-state index contributed by atoms with van der Waals surface area (Å²) in [5.41, 5.74) is 1.59. The largest absolute Gasteiger partial charge is 0.324 e. The van der Waals surface area contributed by atoms with Crippen molar-refractivity contribution < 1.29 is 9.59 Å². The highest BCUT2D eigenvalue weighted by Crippen LogP contribution is 2.29. The topological polar surface area (TPSA) is 58.2 Å². The molecule has 2 amide bonds. The molecular weight excluding hydrogens is 463 g/mol. The third kappa shape index (κ3) is 6.16. The van der Waals surface area contributed by atoms with E-state index in [0.29, 0.717) is 32.0 Å². The summed E-state index contributed by atoms with van der Waals surface area (Å²) in [6.07, 6.45) is 0. The molecule has 3 rings (SSSR count). The maximum Gasteiger partial charge on any atom is 0.255 e.